The number of hydrogen-bond acceptors (Lipinski definition) is 5. The molecule has 3 heterocycles. The summed E-state index contributed by atoms with van der Waals surface area (Å²) in [6.45, 7) is -0.232. The third-order valence-corrected chi connectivity index (χ3v) is 5.07. The maximum absolute atomic E-state index is 13.1. The van der Waals surface area contributed by atoms with Crippen LogP contribution in [0.25, 0.3) is 0 Å². The highest BCUT2D eigenvalue weighted by Gasteiger charge is 2.22. The van der Waals surface area contributed by atoms with Crippen LogP contribution >= 0.6 is 15.9 Å². The molecule has 0 fully saturated rings. The topological polar surface area (TPSA) is 87.1 Å². The first-order valence-corrected chi connectivity index (χ1v) is 10.5. The average molecular weight is 542 g/mol. The number of benzene rings is 1. The molecule has 3 aromatic heterocycles. The lowest BCUT2D eigenvalue weighted by molar-refractivity contribution is 0.0994. The van der Waals surface area contributed by atoms with E-state index in [1.54, 1.807) is 18.3 Å². The van der Waals surface area contributed by atoms with Crippen LogP contribution in [-0.2, 0) is 13.3 Å². The van der Waals surface area contributed by atoms with Crippen LogP contribution in [0, 0.1) is 0 Å². The first kappa shape index (κ1) is 23.5. The molecule has 0 aliphatic heterocycles. The highest BCUT2D eigenvalue weighted by molar-refractivity contribution is 9.10. The molecule has 34 heavy (non-hydrogen) atoms. The summed E-state index contributed by atoms with van der Waals surface area (Å²) in [7, 11) is 0. The molecular weight excluding hydrogens is 526 g/mol. The molecule has 0 aliphatic carbocycles. The van der Waals surface area contributed by atoms with E-state index in [-0.39, 0.29) is 24.8 Å². The Balaban J connectivity index is 1.36. The number of alkyl halides is 4. The number of nitrogens with one attached hydrogen (secondary N) is 1. The highest BCUT2D eigenvalue weighted by Crippen LogP contribution is 2.26. The van der Waals surface area contributed by atoms with Crippen molar-refractivity contribution in [1.82, 2.24) is 19.6 Å². The monoisotopic (exact) mass is 541 g/mol. The lowest BCUT2D eigenvalue weighted by Crippen LogP contribution is -2.11. The van der Waals surface area contributed by atoms with Gasteiger partial charge >= 0.3 is 0 Å². The van der Waals surface area contributed by atoms with Crippen LogP contribution in [0.2, 0.25) is 0 Å². The van der Waals surface area contributed by atoms with Crippen molar-refractivity contribution >= 4 is 27.5 Å². The highest BCUT2D eigenvalue weighted by atomic mass is 79.9. The molecule has 178 valence electrons. The second-order valence-electron chi connectivity index (χ2n) is 6.97. The molecule has 0 atom stereocenters. The predicted octanol–water partition coefficient (Wildman–Crippen LogP) is 5.65. The van der Waals surface area contributed by atoms with Gasteiger partial charge in [-0.3, -0.25) is 9.48 Å². The van der Waals surface area contributed by atoms with Crippen molar-refractivity contribution in [3.8, 4) is 5.75 Å². The summed E-state index contributed by atoms with van der Waals surface area (Å²) in [6, 6.07) is 10.6. The molecule has 0 spiro atoms. The third-order valence-electron chi connectivity index (χ3n) is 4.54. The van der Waals surface area contributed by atoms with E-state index in [9.17, 15) is 22.4 Å². The Bertz CT molecular complexity index is 1270. The van der Waals surface area contributed by atoms with Crippen LogP contribution in [0.15, 0.2) is 63.7 Å². The normalized spacial score (nSPS) is 11.4. The van der Waals surface area contributed by atoms with E-state index in [2.05, 4.69) is 31.4 Å². The van der Waals surface area contributed by atoms with Gasteiger partial charge in [-0.1, -0.05) is 15.9 Å². The van der Waals surface area contributed by atoms with Crippen LogP contribution in [0.1, 0.15) is 40.6 Å². The Hall–Kier alpha value is -3.61. The fourth-order valence-electron chi connectivity index (χ4n) is 2.96. The van der Waals surface area contributed by atoms with Crippen molar-refractivity contribution in [2.45, 2.75) is 26.1 Å². The fourth-order valence-corrected chi connectivity index (χ4v) is 3.22. The second-order valence-corrected chi connectivity index (χ2v) is 7.88. The summed E-state index contributed by atoms with van der Waals surface area (Å²) >= 11 is 3.34. The van der Waals surface area contributed by atoms with Crippen molar-refractivity contribution in [3.63, 3.8) is 0 Å². The molecular formula is C21H16BrF4N5O3. The maximum Gasteiger partial charge on any atom is 0.291 e. The Morgan fingerprint density at radius 2 is 1.88 bits per heavy atom. The standard InChI is InChI=1S/C21H16BrF4N5O3/c22-12-1-3-14(4-2-12)33-11-30-9-13(8-27-30)28-21(32)18-6-5-15(34-18)10-31-17(20(25)26)7-16(29-31)19(23)24/h1-9,19-20H,10-11H2,(H,28,32). The van der Waals surface area contributed by atoms with E-state index in [0.717, 1.165) is 9.15 Å². The Labute approximate surface area is 198 Å². The summed E-state index contributed by atoms with van der Waals surface area (Å²) in [5.74, 6) is 0.0194. The molecule has 8 nitrogen and oxygen atoms in total. The number of rotatable bonds is 9. The smallest absolute Gasteiger partial charge is 0.291 e. The molecule has 1 N–H and O–H groups in total. The first-order chi connectivity index (χ1) is 16.3. The van der Waals surface area contributed by atoms with E-state index < -0.39 is 30.1 Å². The number of nitrogens with zero attached hydrogens (tertiary/aromatic N) is 4. The second kappa shape index (κ2) is 10.1. The Kier molecular flexibility index (Phi) is 7.01. The number of anilines is 1. The molecule has 1 aromatic carbocycles. The number of carbonyl (C=O) groups excluding carboxylic acids is 1. The maximum atomic E-state index is 13.1. The number of furan rings is 1. The van der Waals surface area contributed by atoms with Gasteiger partial charge in [0.1, 0.15) is 22.9 Å². The minimum atomic E-state index is -3.00. The zero-order valence-corrected chi connectivity index (χ0v) is 18.8. The Morgan fingerprint density at radius 3 is 2.59 bits per heavy atom. The molecule has 0 unspecified atom stereocenters. The van der Waals surface area contributed by atoms with Crippen LogP contribution < -0.4 is 10.1 Å². The largest absolute Gasteiger partial charge is 0.471 e. The number of carbonyl (C=O) groups is 1. The zero-order valence-electron chi connectivity index (χ0n) is 17.2. The fraction of sp³-hybridized carbons (Fsp3) is 0.190. The molecule has 4 aromatic rings. The third kappa shape index (κ3) is 5.65. The van der Waals surface area contributed by atoms with E-state index >= 15 is 0 Å². The molecule has 0 radical (unpaired) electrons. The molecule has 0 aliphatic rings. The van der Waals surface area contributed by atoms with Gasteiger partial charge in [0.2, 0.25) is 0 Å². The average Bonchev–Trinajstić information content (AvgIpc) is 3.54. The van der Waals surface area contributed by atoms with Gasteiger partial charge in [-0.15, -0.1) is 0 Å². The molecule has 4 rings (SSSR count). The number of hydrogen-bond donors (Lipinski definition) is 1. The Morgan fingerprint density at radius 1 is 1.12 bits per heavy atom. The number of halogens is 5. The van der Waals surface area contributed by atoms with Gasteiger partial charge in [0.25, 0.3) is 18.8 Å². The van der Waals surface area contributed by atoms with Gasteiger partial charge in [-0.05, 0) is 42.5 Å². The summed E-state index contributed by atoms with van der Waals surface area (Å²) in [4.78, 5) is 12.4. The summed E-state index contributed by atoms with van der Waals surface area (Å²) < 4.78 is 66.0. The summed E-state index contributed by atoms with van der Waals surface area (Å²) in [5.41, 5.74) is -1.06. The van der Waals surface area contributed by atoms with E-state index in [1.165, 1.54) is 23.0 Å². The van der Waals surface area contributed by atoms with Crippen LogP contribution in [0.4, 0.5) is 23.2 Å². The molecule has 1 amide bonds. The van der Waals surface area contributed by atoms with Gasteiger partial charge < -0.3 is 14.5 Å². The quantitative estimate of drug-likeness (QED) is 0.277. The number of aromatic nitrogens is 4. The minimum Gasteiger partial charge on any atom is -0.471 e. The molecule has 0 bridgehead atoms. The molecule has 0 saturated carbocycles. The minimum absolute atomic E-state index is 0.0922. The lowest BCUT2D eigenvalue weighted by atomic mass is 10.3. The van der Waals surface area contributed by atoms with Crippen molar-refractivity contribution in [2.75, 3.05) is 5.32 Å². The van der Waals surface area contributed by atoms with Gasteiger partial charge in [0.05, 0.1) is 24.6 Å². The molecule has 0 saturated heterocycles. The van der Waals surface area contributed by atoms with E-state index in [1.807, 2.05) is 12.1 Å². The van der Waals surface area contributed by atoms with Gasteiger partial charge in [0.15, 0.2) is 12.5 Å². The van der Waals surface area contributed by atoms with Gasteiger partial charge in [-0.2, -0.15) is 10.2 Å². The zero-order chi connectivity index (χ0) is 24.2. The van der Waals surface area contributed by atoms with Crippen molar-refractivity contribution < 1.29 is 31.5 Å². The first-order valence-electron chi connectivity index (χ1n) is 9.73. The van der Waals surface area contributed by atoms with Crippen LogP contribution in [-0.4, -0.2) is 25.5 Å². The van der Waals surface area contributed by atoms with E-state index in [4.69, 9.17) is 9.15 Å². The SMILES string of the molecule is O=C(Nc1cnn(COc2ccc(Br)cc2)c1)c1ccc(Cn2nc(C(F)F)cc2C(F)F)o1. The predicted molar refractivity (Wildman–Crippen MR) is 115 cm³/mol. The summed E-state index contributed by atoms with van der Waals surface area (Å²) in [6.07, 6.45) is -3.03. The van der Waals surface area contributed by atoms with Gasteiger partial charge in [-0.25, -0.2) is 22.2 Å². The molecule has 13 heteroatoms. The number of ether oxygens (including phenoxy) is 1. The van der Waals surface area contributed by atoms with Crippen molar-refractivity contribution in [1.29, 1.82) is 0 Å². The number of amides is 1. The van der Waals surface area contributed by atoms with Crippen LogP contribution in [0.3, 0.4) is 0 Å². The van der Waals surface area contributed by atoms with Crippen molar-refractivity contribution in [2.24, 2.45) is 0 Å². The van der Waals surface area contributed by atoms with Crippen molar-refractivity contribution in [3.05, 3.63) is 82.2 Å². The summed E-state index contributed by atoms with van der Waals surface area (Å²) in [5, 5.41) is 10.2. The van der Waals surface area contributed by atoms with Gasteiger partial charge in [0, 0.05) is 4.47 Å². The van der Waals surface area contributed by atoms with E-state index in [0.29, 0.717) is 17.5 Å². The van der Waals surface area contributed by atoms with Crippen LogP contribution in [0.5, 0.6) is 5.75 Å². The lowest BCUT2D eigenvalue weighted by Gasteiger charge is -2.06.